The van der Waals surface area contributed by atoms with Crippen molar-refractivity contribution in [2.45, 2.75) is 38.8 Å². The summed E-state index contributed by atoms with van der Waals surface area (Å²) in [7, 11) is 0. The topological polar surface area (TPSA) is 84.1 Å². The lowest BCUT2D eigenvalue weighted by Crippen LogP contribution is -2.15. The molecule has 0 unspecified atom stereocenters. The van der Waals surface area contributed by atoms with Gasteiger partial charge in [0.05, 0.1) is 24.1 Å². The Hall–Kier alpha value is -2.00. The predicted molar refractivity (Wildman–Crippen MR) is 106 cm³/mol. The van der Waals surface area contributed by atoms with Crippen LogP contribution < -0.4 is 5.32 Å². The number of amides is 1. The molecule has 0 aliphatic heterocycles. The van der Waals surface area contributed by atoms with Crippen LogP contribution in [0, 0.1) is 0 Å². The second kappa shape index (κ2) is 12.5. The molecular formula is C18H22Cl2F3N3O3. The molecule has 0 bridgehead atoms. The van der Waals surface area contributed by atoms with Crippen LogP contribution in [-0.2, 0) is 20.5 Å². The Bertz CT molecular complexity index is 793. The minimum Gasteiger partial charge on any atom is -0.466 e. The molecule has 1 aromatic heterocycles. The number of carbonyl (C=O) groups excluding carboxylic acids is 2. The van der Waals surface area contributed by atoms with Gasteiger partial charge in [-0.05, 0) is 38.0 Å². The van der Waals surface area contributed by atoms with E-state index in [-0.39, 0.29) is 30.8 Å². The number of nitrogens with zero attached hydrogens (tertiary/aromatic N) is 1. The zero-order valence-corrected chi connectivity index (χ0v) is 17.3. The molecule has 1 heterocycles. The van der Waals surface area contributed by atoms with E-state index in [1.807, 2.05) is 0 Å². The molecule has 2 N–H and O–H groups in total. The number of carbonyl (C=O) groups is 2. The Kier molecular flexibility index (Phi) is 10.8. The van der Waals surface area contributed by atoms with E-state index < -0.39 is 23.6 Å². The molecule has 2 rings (SSSR count). The Balaban J connectivity index is 0.000000612. The van der Waals surface area contributed by atoms with Crippen molar-refractivity contribution in [3.63, 3.8) is 0 Å². The van der Waals surface area contributed by atoms with E-state index in [2.05, 4.69) is 15.5 Å². The van der Waals surface area contributed by atoms with Crippen molar-refractivity contribution in [2.75, 3.05) is 23.7 Å². The second-order valence-corrected chi connectivity index (χ2v) is 6.52. The number of halogens is 5. The molecule has 0 aliphatic carbocycles. The third kappa shape index (κ3) is 8.91. The van der Waals surface area contributed by atoms with Crippen molar-refractivity contribution >= 4 is 51.8 Å². The molecule has 0 atom stereocenters. The van der Waals surface area contributed by atoms with Crippen LogP contribution in [-0.4, -0.2) is 40.4 Å². The highest BCUT2D eigenvalue weighted by Crippen LogP contribution is 2.32. The average molecular weight is 456 g/mol. The summed E-state index contributed by atoms with van der Waals surface area (Å²) in [6.07, 6.45) is -2.55. The number of unbranched alkanes of at least 4 members (excludes halogenated alkanes) is 1. The number of anilines is 1. The highest BCUT2D eigenvalue weighted by molar-refractivity contribution is 6.18. The number of aromatic amines is 1. The monoisotopic (exact) mass is 455 g/mol. The van der Waals surface area contributed by atoms with Gasteiger partial charge in [0, 0.05) is 23.6 Å². The van der Waals surface area contributed by atoms with E-state index in [0.717, 1.165) is 36.7 Å². The van der Waals surface area contributed by atoms with Crippen LogP contribution in [0.25, 0.3) is 10.9 Å². The molecule has 29 heavy (non-hydrogen) atoms. The van der Waals surface area contributed by atoms with Crippen LogP contribution >= 0.6 is 23.2 Å². The first-order chi connectivity index (χ1) is 13.7. The number of ether oxygens (including phenoxy) is 1. The van der Waals surface area contributed by atoms with E-state index in [1.165, 1.54) is 6.07 Å². The molecular weight excluding hydrogens is 434 g/mol. The Labute approximate surface area is 176 Å². The number of H-pyrrole nitrogens is 1. The third-order valence-electron chi connectivity index (χ3n) is 3.53. The van der Waals surface area contributed by atoms with Crippen LogP contribution in [0.15, 0.2) is 18.2 Å². The fraction of sp³-hybridized carbons (Fsp3) is 0.500. The van der Waals surface area contributed by atoms with Crippen molar-refractivity contribution in [3.8, 4) is 0 Å². The highest BCUT2D eigenvalue weighted by atomic mass is 35.5. The van der Waals surface area contributed by atoms with Gasteiger partial charge in [-0.1, -0.05) is 0 Å². The highest BCUT2D eigenvalue weighted by Gasteiger charge is 2.30. The third-order valence-corrected chi connectivity index (χ3v) is 4.06. The fourth-order valence-corrected chi connectivity index (χ4v) is 2.50. The minimum atomic E-state index is -4.46. The SMILES string of the molecule is CCOC(=O)CCC(=O)Nc1n[nH]c2cc(C(F)(F)F)ccc12.ClCCCCCl. The van der Waals surface area contributed by atoms with E-state index in [1.54, 1.807) is 6.92 Å². The summed E-state index contributed by atoms with van der Waals surface area (Å²) in [6, 6.07) is 3.05. The number of rotatable bonds is 8. The fourth-order valence-electron chi connectivity index (χ4n) is 2.12. The smallest absolute Gasteiger partial charge is 0.416 e. The van der Waals surface area contributed by atoms with E-state index >= 15 is 0 Å². The number of benzene rings is 1. The summed E-state index contributed by atoms with van der Waals surface area (Å²) < 4.78 is 42.6. The van der Waals surface area contributed by atoms with Crippen molar-refractivity contribution in [1.82, 2.24) is 10.2 Å². The molecule has 1 amide bonds. The van der Waals surface area contributed by atoms with Crippen molar-refractivity contribution in [3.05, 3.63) is 23.8 Å². The molecule has 0 spiro atoms. The number of hydrogen-bond acceptors (Lipinski definition) is 4. The van der Waals surface area contributed by atoms with Crippen molar-refractivity contribution < 1.29 is 27.5 Å². The van der Waals surface area contributed by atoms with E-state index in [4.69, 9.17) is 27.9 Å². The normalized spacial score (nSPS) is 11.0. The zero-order valence-electron chi connectivity index (χ0n) is 15.7. The van der Waals surface area contributed by atoms with Crippen LogP contribution in [0.5, 0.6) is 0 Å². The van der Waals surface area contributed by atoms with Gasteiger partial charge in [-0.3, -0.25) is 14.7 Å². The van der Waals surface area contributed by atoms with Crippen molar-refractivity contribution in [1.29, 1.82) is 0 Å². The van der Waals surface area contributed by atoms with Gasteiger partial charge in [0.15, 0.2) is 5.82 Å². The largest absolute Gasteiger partial charge is 0.466 e. The van der Waals surface area contributed by atoms with Gasteiger partial charge in [0.25, 0.3) is 0 Å². The van der Waals surface area contributed by atoms with Gasteiger partial charge in [0.1, 0.15) is 0 Å². The van der Waals surface area contributed by atoms with Crippen LogP contribution in [0.2, 0.25) is 0 Å². The van der Waals surface area contributed by atoms with Gasteiger partial charge in [-0.15, -0.1) is 23.2 Å². The number of nitrogens with one attached hydrogen (secondary N) is 2. The Morgan fingerprint density at radius 1 is 1.17 bits per heavy atom. The van der Waals surface area contributed by atoms with Gasteiger partial charge < -0.3 is 10.1 Å². The lowest BCUT2D eigenvalue weighted by atomic mass is 10.1. The van der Waals surface area contributed by atoms with Crippen LogP contribution in [0.1, 0.15) is 38.2 Å². The minimum absolute atomic E-state index is 0.0831. The summed E-state index contributed by atoms with van der Waals surface area (Å²) in [5.41, 5.74) is -0.658. The average Bonchev–Trinajstić information content (AvgIpc) is 3.07. The lowest BCUT2D eigenvalue weighted by molar-refractivity contribution is -0.144. The molecule has 162 valence electrons. The van der Waals surface area contributed by atoms with Crippen molar-refractivity contribution in [2.24, 2.45) is 0 Å². The summed E-state index contributed by atoms with van der Waals surface area (Å²) >= 11 is 10.6. The first-order valence-electron chi connectivity index (χ1n) is 8.85. The maximum Gasteiger partial charge on any atom is 0.416 e. The molecule has 0 saturated carbocycles. The molecule has 6 nitrogen and oxygen atoms in total. The summed E-state index contributed by atoms with van der Waals surface area (Å²) in [4.78, 5) is 22.9. The maximum absolute atomic E-state index is 12.6. The van der Waals surface area contributed by atoms with Crippen LogP contribution in [0.3, 0.4) is 0 Å². The summed E-state index contributed by atoms with van der Waals surface area (Å²) in [5, 5.41) is 9.02. The predicted octanol–water partition coefficient (Wildman–Crippen LogP) is 5.11. The first kappa shape index (κ1) is 25.0. The Morgan fingerprint density at radius 3 is 2.38 bits per heavy atom. The quantitative estimate of drug-likeness (QED) is 0.329. The van der Waals surface area contributed by atoms with Gasteiger partial charge >= 0.3 is 12.1 Å². The Morgan fingerprint density at radius 2 is 1.83 bits per heavy atom. The van der Waals surface area contributed by atoms with Crippen LogP contribution in [0.4, 0.5) is 19.0 Å². The number of aromatic nitrogens is 2. The lowest BCUT2D eigenvalue weighted by Gasteiger charge is -2.06. The molecule has 0 aliphatic rings. The molecule has 2 aromatic rings. The number of esters is 1. The molecule has 11 heteroatoms. The zero-order chi connectivity index (χ0) is 21.9. The van der Waals surface area contributed by atoms with Gasteiger partial charge in [-0.2, -0.15) is 18.3 Å². The standard InChI is InChI=1S/C14H14F3N3O3.C4H8Cl2/c1-2-23-12(22)6-5-11(21)18-13-9-4-3-8(14(15,16)17)7-10(9)19-20-13;5-3-1-2-4-6/h3-4,7H,2,5-6H2,1H3,(H2,18,19,20,21);1-4H2. The molecule has 1 aromatic carbocycles. The number of alkyl halides is 5. The second-order valence-electron chi connectivity index (χ2n) is 5.77. The molecule has 0 saturated heterocycles. The number of hydrogen-bond donors (Lipinski definition) is 2. The van der Waals surface area contributed by atoms with Gasteiger partial charge in [-0.25, -0.2) is 0 Å². The van der Waals surface area contributed by atoms with E-state index in [9.17, 15) is 22.8 Å². The molecule has 0 fully saturated rings. The van der Waals surface area contributed by atoms with E-state index in [0.29, 0.717) is 5.39 Å². The molecule has 0 radical (unpaired) electrons. The maximum atomic E-state index is 12.6. The first-order valence-corrected chi connectivity index (χ1v) is 9.92. The summed E-state index contributed by atoms with van der Waals surface area (Å²) in [5.74, 6) is 0.623. The van der Waals surface area contributed by atoms with Gasteiger partial charge in [0.2, 0.25) is 5.91 Å². The summed E-state index contributed by atoms with van der Waals surface area (Å²) in [6.45, 7) is 1.88. The number of fused-ring (bicyclic) bond motifs is 1.